The number of carbonyl (C=O) groups excluding carboxylic acids is 2. The highest BCUT2D eigenvalue weighted by atomic mass is 19.1. The van der Waals surface area contributed by atoms with Crippen molar-refractivity contribution >= 4 is 22.8 Å². The lowest BCUT2D eigenvalue weighted by Crippen LogP contribution is -2.15. The predicted octanol–water partition coefficient (Wildman–Crippen LogP) is 3.76. The number of para-hydroxylation sites is 1. The highest BCUT2D eigenvalue weighted by Crippen LogP contribution is 2.24. The minimum absolute atomic E-state index is 0.0978. The van der Waals surface area contributed by atoms with Gasteiger partial charge in [0.1, 0.15) is 6.61 Å². The lowest BCUT2D eigenvalue weighted by molar-refractivity contribution is -0.144. The Morgan fingerprint density at radius 2 is 1.86 bits per heavy atom. The predicted molar refractivity (Wildman–Crippen MR) is 104 cm³/mol. The number of ether oxygens (including phenoxy) is 3. The van der Waals surface area contributed by atoms with Gasteiger partial charge in [0.2, 0.25) is 0 Å². The van der Waals surface area contributed by atoms with Gasteiger partial charge in [-0.3, -0.25) is 4.79 Å². The topological polar surface area (TPSA) is 74.7 Å². The number of carbonyl (C=O) groups is 2. The lowest BCUT2D eigenvalue weighted by Gasteiger charge is -2.13. The first kappa shape index (κ1) is 20.3. The molecule has 0 amide bonds. The van der Waals surface area contributed by atoms with Gasteiger partial charge in [0.05, 0.1) is 37.4 Å². The molecule has 2 aromatic carbocycles. The molecular weight excluding hydrogens is 377 g/mol. The molecule has 6 nitrogen and oxygen atoms in total. The summed E-state index contributed by atoms with van der Waals surface area (Å²) < 4.78 is 28.8. The second-order valence-electron chi connectivity index (χ2n) is 6.37. The third-order valence-corrected chi connectivity index (χ3v) is 4.55. The van der Waals surface area contributed by atoms with E-state index in [0.717, 1.165) is 5.39 Å². The number of nitrogens with zero attached hydrogens (tertiary/aromatic N) is 1. The van der Waals surface area contributed by atoms with Gasteiger partial charge in [-0.15, -0.1) is 0 Å². The molecule has 3 rings (SSSR count). The zero-order valence-corrected chi connectivity index (χ0v) is 16.3. The van der Waals surface area contributed by atoms with Crippen molar-refractivity contribution in [2.45, 2.75) is 20.0 Å². The van der Waals surface area contributed by atoms with Crippen LogP contribution in [0.5, 0.6) is 5.75 Å². The molecule has 150 valence electrons. The minimum atomic E-state index is -0.571. The normalized spacial score (nSPS) is 10.6. The van der Waals surface area contributed by atoms with E-state index < -0.39 is 17.8 Å². The first-order valence-corrected chi connectivity index (χ1v) is 8.89. The Kier molecular flexibility index (Phi) is 6.07. The van der Waals surface area contributed by atoms with Crippen molar-refractivity contribution in [2.24, 2.45) is 0 Å². The molecular formula is C22H20FNO5. The summed E-state index contributed by atoms with van der Waals surface area (Å²) >= 11 is 0. The van der Waals surface area contributed by atoms with Crippen molar-refractivity contribution in [3.05, 3.63) is 70.7 Å². The molecule has 29 heavy (non-hydrogen) atoms. The maximum Gasteiger partial charge on any atom is 0.340 e. The number of hydrogen-bond donors (Lipinski definition) is 0. The van der Waals surface area contributed by atoms with E-state index in [0.29, 0.717) is 22.3 Å². The molecule has 0 atom stereocenters. The number of fused-ring (bicyclic) bond motifs is 1. The Morgan fingerprint density at radius 3 is 2.55 bits per heavy atom. The maximum atomic E-state index is 13.8. The van der Waals surface area contributed by atoms with Crippen LogP contribution in [0.4, 0.5) is 4.39 Å². The molecule has 0 spiro atoms. The van der Waals surface area contributed by atoms with E-state index in [1.54, 1.807) is 13.0 Å². The van der Waals surface area contributed by atoms with Crippen LogP contribution in [0.15, 0.2) is 42.5 Å². The Morgan fingerprint density at radius 1 is 1.10 bits per heavy atom. The lowest BCUT2D eigenvalue weighted by atomic mass is 10.0. The van der Waals surface area contributed by atoms with Crippen LogP contribution >= 0.6 is 0 Å². The van der Waals surface area contributed by atoms with Gasteiger partial charge in [-0.1, -0.05) is 24.3 Å². The molecule has 0 aliphatic carbocycles. The van der Waals surface area contributed by atoms with Crippen molar-refractivity contribution in [1.29, 1.82) is 0 Å². The van der Waals surface area contributed by atoms with Crippen molar-refractivity contribution < 1.29 is 28.2 Å². The molecule has 1 aromatic heterocycles. The maximum absolute atomic E-state index is 13.8. The largest absolute Gasteiger partial charge is 0.494 e. The summed E-state index contributed by atoms with van der Waals surface area (Å²) in [6.07, 6.45) is -0.124. The van der Waals surface area contributed by atoms with Crippen LogP contribution in [-0.2, 0) is 27.3 Å². The van der Waals surface area contributed by atoms with E-state index in [9.17, 15) is 14.0 Å². The molecule has 0 aliphatic rings. The zero-order valence-electron chi connectivity index (χ0n) is 16.3. The number of hydrogen-bond acceptors (Lipinski definition) is 6. The summed E-state index contributed by atoms with van der Waals surface area (Å²) in [5.74, 6) is -1.58. The van der Waals surface area contributed by atoms with Crippen LogP contribution < -0.4 is 4.74 Å². The highest BCUT2D eigenvalue weighted by Gasteiger charge is 2.20. The first-order valence-electron chi connectivity index (χ1n) is 8.89. The number of esters is 2. The second-order valence-corrected chi connectivity index (χ2v) is 6.37. The Balaban J connectivity index is 1.81. The number of benzene rings is 2. The summed E-state index contributed by atoms with van der Waals surface area (Å²) in [4.78, 5) is 29.0. The number of halogens is 1. The van der Waals surface area contributed by atoms with Crippen molar-refractivity contribution in [1.82, 2.24) is 4.98 Å². The van der Waals surface area contributed by atoms with E-state index in [1.807, 2.05) is 24.3 Å². The summed E-state index contributed by atoms with van der Waals surface area (Å²) in [7, 11) is 2.65. The van der Waals surface area contributed by atoms with Gasteiger partial charge < -0.3 is 14.2 Å². The van der Waals surface area contributed by atoms with Gasteiger partial charge in [0, 0.05) is 5.39 Å². The number of rotatable bonds is 6. The third-order valence-electron chi connectivity index (χ3n) is 4.55. The number of pyridine rings is 1. The summed E-state index contributed by atoms with van der Waals surface area (Å²) in [6, 6.07) is 11.6. The van der Waals surface area contributed by atoms with Crippen molar-refractivity contribution in [3.8, 4) is 5.75 Å². The van der Waals surface area contributed by atoms with Gasteiger partial charge in [0.15, 0.2) is 11.6 Å². The highest BCUT2D eigenvalue weighted by molar-refractivity contribution is 5.98. The van der Waals surface area contributed by atoms with Crippen LogP contribution in [0.2, 0.25) is 0 Å². The summed E-state index contributed by atoms with van der Waals surface area (Å²) in [6.45, 7) is 1.59. The number of methoxy groups -OCH3 is 2. The van der Waals surface area contributed by atoms with E-state index >= 15 is 0 Å². The Hall–Kier alpha value is -3.48. The van der Waals surface area contributed by atoms with Crippen molar-refractivity contribution in [3.63, 3.8) is 0 Å². The van der Waals surface area contributed by atoms with Crippen molar-refractivity contribution in [2.75, 3.05) is 14.2 Å². The van der Waals surface area contributed by atoms with E-state index in [-0.39, 0.29) is 24.3 Å². The Labute approximate surface area is 167 Å². The average Bonchev–Trinajstić information content (AvgIpc) is 2.72. The standard InChI is InChI=1S/C22H20FNO5/c1-13-15-6-4-5-7-17(15)24-18(21(13)22(26)28-3)12-29-20(25)11-14-8-9-19(27-2)16(23)10-14/h4-10H,11-12H2,1-3H3. The smallest absolute Gasteiger partial charge is 0.340 e. The van der Waals surface area contributed by atoms with Crippen LogP contribution in [-0.4, -0.2) is 31.1 Å². The third kappa shape index (κ3) is 4.34. The quantitative estimate of drug-likeness (QED) is 0.590. The molecule has 0 saturated carbocycles. The molecule has 0 radical (unpaired) electrons. The van der Waals surface area contributed by atoms with Crippen LogP contribution in [0.1, 0.15) is 27.2 Å². The molecule has 3 aromatic rings. The van der Waals surface area contributed by atoms with Crippen LogP contribution in [0.3, 0.4) is 0 Å². The van der Waals surface area contributed by atoms with Gasteiger partial charge in [-0.05, 0) is 36.2 Å². The summed E-state index contributed by atoms with van der Waals surface area (Å²) in [5, 5.41) is 0.816. The van der Waals surface area contributed by atoms with Gasteiger partial charge in [-0.2, -0.15) is 0 Å². The fourth-order valence-corrected chi connectivity index (χ4v) is 3.10. The molecule has 0 aliphatic heterocycles. The van der Waals surface area contributed by atoms with Gasteiger partial charge in [-0.25, -0.2) is 14.2 Å². The Bertz CT molecular complexity index is 1080. The molecule has 7 heteroatoms. The molecule has 0 saturated heterocycles. The number of aromatic nitrogens is 1. The van der Waals surface area contributed by atoms with Crippen LogP contribution in [0.25, 0.3) is 10.9 Å². The number of aryl methyl sites for hydroxylation is 1. The first-order chi connectivity index (χ1) is 13.9. The molecule has 1 heterocycles. The fourth-order valence-electron chi connectivity index (χ4n) is 3.10. The minimum Gasteiger partial charge on any atom is -0.494 e. The SMILES string of the molecule is COC(=O)c1c(COC(=O)Cc2ccc(OC)c(F)c2)nc2ccccc2c1C. The van der Waals surface area contributed by atoms with Gasteiger partial charge >= 0.3 is 11.9 Å². The monoisotopic (exact) mass is 397 g/mol. The fraction of sp³-hybridized carbons (Fsp3) is 0.227. The molecule has 0 fully saturated rings. The molecule has 0 bridgehead atoms. The van der Waals surface area contributed by atoms with E-state index in [4.69, 9.17) is 14.2 Å². The van der Waals surface area contributed by atoms with E-state index in [2.05, 4.69) is 4.98 Å². The summed E-state index contributed by atoms with van der Waals surface area (Å²) in [5.41, 5.74) is 2.41. The molecule has 0 N–H and O–H groups in total. The van der Waals surface area contributed by atoms with Crippen LogP contribution in [0, 0.1) is 12.7 Å². The average molecular weight is 397 g/mol. The second kappa shape index (κ2) is 8.68. The van der Waals surface area contributed by atoms with E-state index in [1.165, 1.54) is 26.4 Å². The van der Waals surface area contributed by atoms with Gasteiger partial charge in [0.25, 0.3) is 0 Å². The zero-order chi connectivity index (χ0) is 21.0. The molecule has 0 unspecified atom stereocenters.